The predicted octanol–water partition coefficient (Wildman–Crippen LogP) is -0.234. The largest absolute Gasteiger partial charge is 0.480 e. The van der Waals surface area contributed by atoms with Gasteiger partial charge in [0, 0.05) is 13.0 Å². The van der Waals surface area contributed by atoms with Gasteiger partial charge in [-0.25, -0.2) is 4.79 Å². The Balaban J connectivity index is 2.17. The van der Waals surface area contributed by atoms with Crippen molar-refractivity contribution in [2.24, 2.45) is 0 Å². The molecule has 1 aliphatic heterocycles. The topological polar surface area (TPSA) is 98.1 Å². The minimum absolute atomic E-state index is 0.0113. The highest BCUT2D eigenvalue weighted by Crippen LogP contribution is 2.23. The summed E-state index contributed by atoms with van der Waals surface area (Å²) in [4.78, 5) is 24.2. The number of aliphatic carboxylic acids is 1. The van der Waals surface area contributed by atoms with Gasteiger partial charge in [0.05, 0.1) is 6.10 Å². The standard InChI is InChI=1S/C13H15NO5/c15-9-6-10(13(18)19)14(7-9)12(17)11(16)8-4-2-1-3-5-8/h1-5,9-11,15-16H,6-7H2,(H,18,19)/t9?,10-,11?/m0/s1. The zero-order valence-corrected chi connectivity index (χ0v) is 10.1. The van der Waals surface area contributed by atoms with Gasteiger partial charge in [0.2, 0.25) is 0 Å². The molecule has 3 atom stereocenters. The summed E-state index contributed by atoms with van der Waals surface area (Å²) in [5.41, 5.74) is 0.401. The number of carboxylic acids is 1. The van der Waals surface area contributed by atoms with Crippen LogP contribution in [-0.2, 0) is 9.59 Å². The van der Waals surface area contributed by atoms with E-state index in [4.69, 9.17) is 5.11 Å². The zero-order chi connectivity index (χ0) is 14.0. The first-order valence-electron chi connectivity index (χ1n) is 5.95. The van der Waals surface area contributed by atoms with E-state index in [0.29, 0.717) is 5.56 Å². The molecule has 3 N–H and O–H groups in total. The van der Waals surface area contributed by atoms with Crippen molar-refractivity contribution in [2.45, 2.75) is 24.7 Å². The number of carboxylic acid groups (broad SMARTS) is 1. The van der Waals surface area contributed by atoms with Crippen LogP contribution in [0.25, 0.3) is 0 Å². The Morgan fingerprint density at radius 3 is 2.47 bits per heavy atom. The number of likely N-dealkylation sites (tertiary alicyclic amines) is 1. The normalized spacial score (nSPS) is 24.2. The molecule has 1 aliphatic rings. The lowest BCUT2D eigenvalue weighted by Gasteiger charge is -2.24. The molecule has 1 saturated heterocycles. The summed E-state index contributed by atoms with van der Waals surface area (Å²) in [5, 5.41) is 28.5. The predicted molar refractivity (Wildman–Crippen MR) is 65.2 cm³/mol. The average Bonchev–Trinajstić information content (AvgIpc) is 2.80. The van der Waals surface area contributed by atoms with E-state index in [-0.39, 0.29) is 13.0 Å². The van der Waals surface area contributed by atoms with Crippen LogP contribution in [0.4, 0.5) is 0 Å². The summed E-state index contributed by atoms with van der Waals surface area (Å²) in [6, 6.07) is 7.20. The van der Waals surface area contributed by atoms with E-state index >= 15 is 0 Å². The third kappa shape index (κ3) is 2.74. The van der Waals surface area contributed by atoms with Crippen LogP contribution in [0.3, 0.4) is 0 Å². The Kier molecular flexibility index (Phi) is 3.82. The van der Waals surface area contributed by atoms with Crippen molar-refractivity contribution >= 4 is 11.9 Å². The summed E-state index contributed by atoms with van der Waals surface area (Å²) in [6.45, 7) is -0.0697. The highest BCUT2D eigenvalue weighted by atomic mass is 16.4. The molecule has 1 aromatic rings. The number of aliphatic hydroxyl groups is 2. The maximum Gasteiger partial charge on any atom is 0.326 e. The Bertz CT molecular complexity index is 475. The molecule has 0 aliphatic carbocycles. The fourth-order valence-corrected chi connectivity index (χ4v) is 2.23. The number of rotatable bonds is 3. The summed E-state index contributed by atoms with van der Waals surface area (Å²) in [7, 11) is 0. The zero-order valence-electron chi connectivity index (χ0n) is 10.1. The molecule has 0 spiro atoms. The molecular weight excluding hydrogens is 250 g/mol. The van der Waals surface area contributed by atoms with Crippen molar-refractivity contribution in [2.75, 3.05) is 6.54 Å². The lowest BCUT2D eigenvalue weighted by molar-refractivity contribution is -0.152. The lowest BCUT2D eigenvalue weighted by Crippen LogP contribution is -2.43. The van der Waals surface area contributed by atoms with E-state index < -0.39 is 30.1 Å². The molecule has 6 heteroatoms. The first-order valence-corrected chi connectivity index (χ1v) is 5.95. The van der Waals surface area contributed by atoms with Crippen LogP contribution in [0.5, 0.6) is 0 Å². The van der Waals surface area contributed by atoms with Crippen LogP contribution in [-0.4, -0.2) is 50.8 Å². The molecule has 102 valence electrons. The summed E-state index contributed by atoms with van der Waals surface area (Å²) in [5.74, 6) is -1.87. The van der Waals surface area contributed by atoms with E-state index in [1.807, 2.05) is 0 Å². The molecule has 0 bridgehead atoms. The smallest absolute Gasteiger partial charge is 0.326 e. The SMILES string of the molecule is O=C(O)[C@@H]1CC(O)CN1C(=O)C(O)c1ccccc1. The number of amides is 1. The first kappa shape index (κ1) is 13.5. The summed E-state index contributed by atoms with van der Waals surface area (Å²) >= 11 is 0. The van der Waals surface area contributed by atoms with E-state index in [1.165, 1.54) is 0 Å². The number of carbonyl (C=O) groups excluding carboxylic acids is 1. The van der Waals surface area contributed by atoms with Crippen molar-refractivity contribution in [3.63, 3.8) is 0 Å². The highest BCUT2D eigenvalue weighted by Gasteiger charge is 2.41. The van der Waals surface area contributed by atoms with Gasteiger partial charge >= 0.3 is 5.97 Å². The van der Waals surface area contributed by atoms with Crippen molar-refractivity contribution in [1.82, 2.24) is 4.90 Å². The molecule has 1 aromatic carbocycles. The Morgan fingerprint density at radius 1 is 1.26 bits per heavy atom. The third-order valence-corrected chi connectivity index (χ3v) is 3.20. The minimum Gasteiger partial charge on any atom is -0.480 e. The second kappa shape index (κ2) is 5.38. The van der Waals surface area contributed by atoms with E-state index in [0.717, 1.165) is 4.90 Å². The lowest BCUT2D eigenvalue weighted by atomic mass is 10.1. The fraction of sp³-hybridized carbons (Fsp3) is 0.385. The van der Waals surface area contributed by atoms with Gasteiger partial charge in [-0.1, -0.05) is 30.3 Å². The number of hydrogen-bond acceptors (Lipinski definition) is 4. The average molecular weight is 265 g/mol. The van der Waals surface area contributed by atoms with E-state index in [9.17, 15) is 19.8 Å². The first-order chi connectivity index (χ1) is 9.00. The van der Waals surface area contributed by atoms with Gasteiger partial charge < -0.3 is 20.2 Å². The van der Waals surface area contributed by atoms with Gasteiger partial charge in [-0.15, -0.1) is 0 Å². The number of carbonyl (C=O) groups is 2. The van der Waals surface area contributed by atoms with Crippen molar-refractivity contribution in [1.29, 1.82) is 0 Å². The number of benzene rings is 1. The third-order valence-electron chi connectivity index (χ3n) is 3.20. The molecule has 0 saturated carbocycles. The molecule has 1 heterocycles. The Morgan fingerprint density at radius 2 is 1.89 bits per heavy atom. The Hall–Kier alpha value is -1.92. The number of nitrogens with zero attached hydrogens (tertiary/aromatic N) is 1. The van der Waals surface area contributed by atoms with E-state index in [2.05, 4.69) is 0 Å². The molecule has 0 aromatic heterocycles. The van der Waals surface area contributed by atoms with Crippen LogP contribution in [0.15, 0.2) is 30.3 Å². The van der Waals surface area contributed by atoms with Gasteiger partial charge in [0.1, 0.15) is 6.04 Å². The van der Waals surface area contributed by atoms with Gasteiger partial charge in [0.25, 0.3) is 5.91 Å². The molecule has 1 amide bonds. The number of hydrogen-bond donors (Lipinski definition) is 3. The van der Waals surface area contributed by atoms with Crippen LogP contribution in [0.1, 0.15) is 18.1 Å². The van der Waals surface area contributed by atoms with Gasteiger partial charge in [-0.2, -0.15) is 0 Å². The second-order valence-corrected chi connectivity index (χ2v) is 4.55. The van der Waals surface area contributed by atoms with Crippen LogP contribution in [0, 0.1) is 0 Å². The van der Waals surface area contributed by atoms with Crippen LogP contribution >= 0.6 is 0 Å². The molecule has 6 nitrogen and oxygen atoms in total. The van der Waals surface area contributed by atoms with Crippen molar-refractivity contribution in [3.05, 3.63) is 35.9 Å². The highest BCUT2D eigenvalue weighted by molar-refractivity contribution is 5.87. The van der Waals surface area contributed by atoms with Crippen LogP contribution in [0.2, 0.25) is 0 Å². The van der Waals surface area contributed by atoms with E-state index in [1.54, 1.807) is 30.3 Å². The van der Waals surface area contributed by atoms with Gasteiger partial charge in [0.15, 0.2) is 6.10 Å². The molecule has 19 heavy (non-hydrogen) atoms. The van der Waals surface area contributed by atoms with Crippen LogP contribution < -0.4 is 0 Å². The maximum absolute atomic E-state index is 12.1. The molecule has 1 fully saturated rings. The molecule has 2 unspecified atom stereocenters. The molecule has 0 radical (unpaired) electrons. The Labute approximate surface area is 109 Å². The van der Waals surface area contributed by atoms with Crippen molar-refractivity contribution < 1.29 is 24.9 Å². The van der Waals surface area contributed by atoms with Crippen molar-refractivity contribution in [3.8, 4) is 0 Å². The molecular formula is C13H15NO5. The second-order valence-electron chi connectivity index (χ2n) is 4.55. The fourth-order valence-electron chi connectivity index (χ4n) is 2.23. The van der Waals surface area contributed by atoms with Gasteiger partial charge in [-0.3, -0.25) is 4.79 Å². The maximum atomic E-state index is 12.1. The summed E-state index contributed by atoms with van der Waals surface area (Å²) in [6.07, 6.45) is -2.29. The molecule has 2 rings (SSSR count). The summed E-state index contributed by atoms with van der Waals surface area (Å²) < 4.78 is 0. The monoisotopic (exact) mass is 265 g/mol. The quantitative estimate of drug-likeness (QED) is 0.701. The number of β-amino-alcohol motifs (C(OH)–C–C–N with tert-alkyl or cyclic N) is 1. The minimum atomic E-state index is -1.41. The van der Waals surface area contributed by atoms with Gasteiger partial charge in [-0.05, 0) is 5.56 Å². The number of aliphatic hydroxyl groups excluding tert-OH is 2.